The molecule has 16 heavy (non-hydrogen) atoms. The van der Waals surface area contributed by atoms with E-state index in [1.165, 1.54) is 0 Å². The maximum absolute atomic E-state index is 4.33. The summed E-state index contributed by atoms with van der Waals surface area (Å²) in [6.45, 7) is 5.32. The largest absolute Gasteiger partial charge is 0.361 e. The third-order valence-corrected chi connectivity index (χ3v) is 3.06. The van der Waals surface area contributed by atoms with Gasteiger partial charge in [0.15, 0.2) is 5.13 Å². The van der Waals surface area contributed by atoms with Gasteiger partial charge in [-0.2, -0.15) is 0 Å². The van der Waals surface area contributed by atoms with Crippen LogP contribution in [0.15, 0.2) is 30.6 Å². The number of anilines is 1. The fourth-order valence-corrected chi connectivity index (χ4v) is 2.07. The predicted molar refractivity (Wildman–Crippen MR) is 68.7 cm³/mol. The van der Waals surface area contributed by atoms with Crippen LogP contribution in [0, 0.1) is 5.92 Å². The summed E-state index contributed by atoms with van der Waals surface area (Å²) in [6.07, 6.45) is 3.67. The lowest BCUT2D eigenvalue weighted by Crippen LogP contribution is -2.07. The molecule has 0 fully saturated rings. The normalized spacial score (nSPS) is 10.7. The van der Waals surface area contributed by atoms with E-state index in [2.05, 4.69) is 29.1 Å². The fraction of sp³-hybridized carbons (Fsp3) is 0.333. The van der Waals surface area contributed by atoms with Gasteiger partial charge >= 0.3 is 0 Å². The van der Waals surface area contributed by atoms with Crippen LogP contribution in [0.1, 0.15) is 13.8 Å². The van der Waals surface area contributed by atoms with Crippen LogP contribution in [0.3, 0.4) is 0 Å². The van der Waals surface area contributed by atoms with Gasteiger partial charge in [-0.25, -0.2) is 4.98 Å². The van der Waals surface area contributed by atoms with Crippen LogP contribution in [0.5, 0.6) is 0 Å². The lowest BCUT2D eigenvalue weighted by atomic mass is 10.2. The quantitative estimate of drug-likeness (QED) is 0.880. The molecule has 1 N–H and O–H groups in total. The lowest BCUT2D eigenvalue weighted by molar-refractivity contribution is 0.688. The minimum Gasteiger partial charge on any atom is -0.361 e. The smallest absolute Gasteiger partial charge is 0.183 e. The molecule has 0 atom stereocenters. The molecule has 4 heteroatoms. The molecule has 0 bridgehead atoms. The first-order chi connectivity index (χ1) is 7.75. The van der Waals surface area contributed by atoms with Gasteiger partial charge in [-0.1, -0.05) is 31.3 Å². The van der Waals surface area contributed by atoms with Gasteiger partial charge in [0.1, 0.15) is 0 Å². The van der Waals surface area contributed by atoms with Gasteiger partial charge in [0.25, 0.3) is 0 Å². The Morgan fingerprint density at radius 2 is 2.19 bits per heavy atom. The van der Waals surface area contributed by atoms with Crippen LogP contribution < -0.4 is 5.32 Å². The molecule has 0 spiro atoms. The van der Waals surface area contributed by atoms with Gasteiger partial charge in [-0.15, -0.1) is 0 Å². The molecule has 0 unspecified atom stereocenters. The molecule has 2 aromatic rings. The molecule has 0 aliphatic heterocycles. The first kappa shape index (κ1) is 11.1. The Hall–Kier alpha value is -1.42. The van der Waals surface area contributed by atoms with E-state index in [1.54, 1.807) is 17.5 Å². The van der Waals surface area contributed by atoms with E-state index in [-0.39, 0.29) is 0 Å². The average Bonchev–Trinajstić information content (AvgIpc) is 2.76. The monoisotopic (exact) mass is 233 g/mol. The molecule has 2 rings (SSSR count). The topological polar surface area (TPSA) is 37.8 Å². The summed E-state index contributed by atoms with van der Waals surface area (Å²) in [5.74, 6) is 0.627. The van der Waals surface area contributed by atoms with Gasteiger partial charge < -0.3 is 5.32 Å². The van der Waals surface area contributed by atoms with Crippen molar-refractivity contribution in [3.63, 3.8) is 0 Å². The van der Waals surface area contributed by atoms with Gasteiger partial charge in [-0.3, -0.25) is 4.98 Å². The zero-order chi connectivity index (χ0) is 11.4. The van der Waals surface area contributed by atoms with Crippen molar-refractivity contribution in [2.24, 2.45) is 5.92 Å². The molecule has 0 saturated carbocycles. The number of hydrogen-bond acceptors (Lipinski definition) is 4. The van der Waals surface area contributed by atoms with E-state index in [1.807, 2.05) is 24.4 Å². The number of rotatable bonds is 4. The minimum absolute atomic E-state index is 0.627. The number of pyridine rings is 1. The van der Waals surface area contributed by atoms with Crippen molar-refractivity contribution < 1.29 is 0 Å². The fourth-order valence-electron chi connectivity index (χ4n) is 1.27. The Morgan fingerprint density at radius 3 is 2.88 bits per heavy atom. The summed E-state index contributed by atoms with van der Waals surface area (Å²) in [7, 11) is 0. The van der Waals surface area contributed by atoms with E-state index in [9.17, 15) is 0 Å². The summed E-state index contributed by atoms with van der Waals surface area (Å²) in [5, 5.41) is 4.28. The molecule has 3 nitrogen and oxygen atoms in total. The Kier molecular flexibility index (Phi) is 3.51. The Bertz CT molecular complexity index is 437. The zero-order valence-electron chi connectivity index (χ0n) is 9.47. The van der Waals surface area contributed by atoms with Gasteiger partial charge in [0, 0.05) is 18.9 Å². The van der Waals surface area contributed by atoms with Gasteiger partial charge in [-0.05, 0) is 18.1 Å². The second-order valence-electron chi connectivity index (χ2n) is 4.02. The maximum atomic E-state index is 4.33. The van der Waals surface area contributed by atoms with E-state index in [0.717, 1.165) is 22.2 Å². The zero-order valence-corrected chi connectivity index (χ0v) is 10.3. The number of hydrogen-bond donors (Lipinski definition) is 1. The van der Waals surface area contributed by atoms with Crippen LogP contribution in [-0.4, -0.2) is 16.5 Å². The highest BCUT2D eigenvalue weighted by molar-refractivity contribution is 7.18. The van der Waals surface area contributed by atoms with Crippen LogP contribution in [0.4, 0.5) is 5.13 Å². The van der Waals surface area contributed by atoms with Crippen molar-refractivity contribution in [1.29, 1.82) is 0 Å². The van der Waals surface area contributed by atoms with E-state index in [4.69, 9.17) is 0 Å². The molecule has 2 heterocycles. The van der Waals surface area contributed by atoms with Gasteiger partial charge in [0.05, 0.1) is 10.6 Å². The Labute approximate surface area is 99.6 Å². The third-order valence-electron chi connectivity index (χ3n) is 2.08. The molecule has 2 aromatic heterocycles. The standard InChI is InChI=1S/C12H15N3S/c1-9(2)7-14-12-15-8-11(16-12)10-5-3-4-6-13-10/h3-6,8-9H,7H2,1-2H3,(H,14,15). The maximum Gasteiger partial charge on any atom is 0.183 e. The molecule has 0 amide bonds. The third kappa shape index (κ3) is 2.79. The van der Waals surface area contributed by atoms with Crippen LogP contribution >= 0.6 is 11.3 Å². The van der Waals surface area contributed by atoms with E-state index >= 15 is 0 Å². The minimum atomic E-state index is 0.627. The molecule has 0 radical (unpaired) electrons. The summed E-state index contributed by atoms with van der Waals surface area (Å²) in [4.78, 5) is 9.74. The van der Waals surface area contributed by atoms with Crippen LogP contribution in [0.25, 0.3) is 10.6 Å². The highest BCUT2D eigenvalue weighted by Crippen LogP contribution is 2.27. The first-order valence-corrected chi connectivity index (χ1v) is 6.18. The SMILES string of the molecule is CC(C)CNc1ncc(-c2ccccn2)s1. The molecule has 0 aromatic carbocycles. The number of nitrogens with one attached hydrogen (secondary N) is 1. The first-order valence-electron chi connectivity index (χ1n) is 5.37. The van der Waals surface area contributed by atoms with Crippen LogP contribution in [-0.2, 0) is 0 Å². The summed E-state index contributed by atoms with van der Waals surface area (Å²) in [6, 6.07) is 5.91. The van der Waals surface area contributed by atoms with Gasteiger partial charge in [0.2, 0.25) is 0 Å². The highest BCUT2D eigenvalue weighted by Gasteiger charge is 2.04. The molecular formula is C12H15N3S. The lowest BCUT2D eigenvalue weighted by Gasteiger charge is -2.04. The van der Waals surface area contributed by atoms with Crippen molar-refractivity contribution >= 4 is 16.5 Å². The Balaban J connectivity index is 2.08. The molecular weight excluding hydrogens is 218 g/mol. The molecule has 84 valence electrons. The molecule has 0 aliphatic rings. The highest BCUT2D eigenvalue weighted by atomic mass is 32.1. The van der Waals surface area contributed by atoms with Crippen molar-refractivity contribution in [2.45, 2.75) is 13.8 Å². The van der Waals surface area contributed by atoms with Crippen molar-refractivity contribution in [3.8, 4) is 10.6 Å². The van der Waals surface area contributed by atoms with Crippen molar-refractivity contribution in [1.82, 2.24) is 9.97 Å². The van der Waals surface area contributed by atoms with Crippen LogP contribution in [0.2, 0.25) is 0 Å². The second-order valence-corrected chi connectivity index (χ2v) is 5.05. The average molecular weight is 233 g/mol. The molecule has 0 saturated heterocycles. The molecule has 0 aliphatic carbocycles. The second kappa shape index (κ2) is 5.07. The van der Waals surface area contributed by atoms with Crippen molar-refractivity contribution in [3.05, 3.63) is 30.6 Å². The number of thiazole rings is 1. The summed E-state index contributed by atoms with van der Waals surface area (Å²) in [5.41, 5.74) is 0.984. The summed E-state index contributed by atoms with van der Waals surface area (Å²) >= 11 is 1.64. The van der Waals surface area contributed by atoms with E-state index < -0.39 is 0 Å². The number of nitrogens with zero attached hydrogens (tertiary/aromatic N) is 2. The summed E-state index contributed by atoms with van der Waals surface area (Å²) < 4.78 is 0. The van der Waals surface area contributed by atoms with E-state index in [0.29, 0.717) is 5.92 Å². The Morgan fingerprint density at radius 1 is 1.31 bits per heavy atom. The number of aromatic nitrogens is 2. The van der Waals surface area contributed by atoms with Crippen molar-refractivity contribution in [2.75, 3.05) is 11.9 Å². The predicted octanol–water partition coefficient (Wildman–Crippen LogP) is 3.27.